The molecule has 0 saturated heterocycles. The fourth-order valence-corrected chi connectivity index (χ4v) is 2.12. The van der Waals surface area contributed by atoms with Gasteiger partial charge in [-0.25, -0.2) is 9.18 Å². The van der Waals surface area contributed by atoms with Gasteiger partial charge in [-0.1, -0.05) is 23.2 Å². The van der Waals surface area contributed by atoms with Gasteiger partial charge in [0.1, 0.15) is 0 Å². The summed E-state index contributed by atoms with van der Waals surface area (Å²) in [7, 11) is 0. The van der Waals surface area contributed by atoms with Gasteiger partial charge in [0.15, 0.2) is 0 Å². The number of rotatable bonds is 2. The third kappa shape index (κ3) is 1.65. The number of hydrogen-bond donors (Lipinski definition) is 1. The standard InChI is InChI=1S/C10H4Cl2FNO4/c11-3-1-2-4(12)6-5(3)7(15)9(16)14(6)8(13)10(17)18/h1-2,8H,(H,17,18). The van der Waals surface area contributed by atoms with Crippen LogP contribution in [0.5, 0.6) is 0 Å². The summed E-state index contributed by atoms with van der Waals surface area (Å²) >= 11 is 11.5. The van der Waals surface area contributed by atoms with Crippen molar-refractivity contribution >= 4 is 46.5 Å². The number of carboxylic acids is 1. The zero-order chi connectivity index (χ0) is 13.6. The van der Waals surface area contributed by atoms with Crippen LogP contribution in [-0.4, -0.2) is 29.1 Å². The van der Waals surface area contributed by atoms with Crippen molar-refractivity contribution in [2.24, 2.45) is 0 Å². The van der Waals surface area contributed by atoms with Crippen LogP contribution in [0.1, 0.15) is 10.4 Å². The lowest BCUT2D eigenvalue weighted by molar-refractivity contribution is -0.144. The zero-order valence-corrected chi connectivity index (χ0v) is 10.00. The molecule has 0 saturated carbocycles. The van der Waals surface area contributed by atoms with Crippen molar-refractivity contribution in [1.82, 2.24) is 0 Å². The minimum absolute atomic E-state index is 0.0900. The first-order chi connectivity index (χ1) is 8.36. The van der Waals surface area contributed by atoms with Gasteiger partial charge in [0.05, 0.1) is 21.3 Å². The van der Waals surface area contributed by atoms with Crippen LogP contribution in [0, 0.1) is 0 Å². The highest BCUT2D eigenvalue weighted by atomic mass is 35.5. The first-order valence-corrected chi connectivity index (χ1v) is 5.34. The quantitative estimate of drug-likeness (QED) is 0.667. The minimum Gasteiger partial charge on any atom is -0.478 e. The summed E-state index contributed by atoms with van der Waals surface area (Å²) in [6, 6.07) is 2.52. The van der Waals surface area contributed by atoms with Gasteiger partial charge in [-0.3, -0.25) is 14.5 Å². The lowest BCUT2D eigenvalue weighted by atomic mass is 10.1. The Labute approximate surface area is 110 Å². The number of carbonyl (C=O) groups is 3. The molecule has 1 aliphatic heterocycles. The Balaban J connectivity index is 2.69. The maximum atomic E-state index is 13.5. The molecule has 1 atom stereocenters. The molecule has 1 N–H and O–H groups in total. The van der Waals surface area contributed by atoms with Gasteiger partial charge in [0, 0.05) is 0 Å². The molecule has 0 radical (unpaired) electrons. The molecule has 1 aromatic carbocycles. The number of aliphatic carboxylic acids is 1. The molecule has 0 bridgehead atoms. The van der Waals surface area contributed by atoms with E-state index in [-0.39, 0.29) is 26.2 Å². The fraction of sp³-hybridized carbons (Fsp3) is 0.100. The average Bonchev–Trinajstić information content (AvgIpc) is 2.58. The summed E-state index contributed by atoms with van der Waals surface area (Å²) in [5, 5.41) is 8.36. The number of anilines is 1. The van der Waals surface area contributed by atoms with E-state index in [2.05, 4.69) is 0 Å². The van der Waals surface area contributed by atoms with Gasteiger partial charge in [0.25, 0.3) is 12.1 Å². The van der Waals surface area contributed by atoms with E-state index in [0.717, 1.165) is 0 Å². The molecule has 5 nitrogen and oxygen atoms in total. The second-order valence-electron chi connectivity index (χ2n) is 3.43. The van der Waals surface area contributed by atoms with Gasteiger partial charge in [-0.15, -0.1) is 0 Å². The molecule has 18 heavy (non-hydrogen) atoms. The summed E-state index contributed by atoms with van der Waals surface area (Å²) in [4.78, 5) is 34.0. The normalized spacial score (nSPS) is 15.8. The summed E-state index contributed by atoms with van der Waals surface area (Å²) < 4.78 is 13.5. The third-order valence-electron chi connectivity index (χ3n) is 2.39. The summed E-state index contributed by atoms with van der Waals surface area (Å²) in [6.45, 7) is 0. The Morgan fingerprint density at radius 2 is 1.83 bits per heavy atom. The van der Waals surface area contributed by atoms with Crippen molar-refractivity contribution in [3.63, 3.8) is 0 Å². The lowest BCUT2D eigenvalue weighted by Crippen LogP contribution is -2.41. The van der Waals surface area contributed by atoms with Crippen molar-refractivity contribution in [2.75, 3.05) is 4.90 Å². The van der Waals surface area contributed by atoms with Crippen molar-refractivity contribution in [2.45, 2.75) is 6.30 Å². The van der Waals surface area contributed by atoms with Gasteiger partial charge in [-0.2, -0.15) is 0 Å². The van der Waals surface area contributed by atoms with Crippen molar-refractivity contribution in [3.8, 4) is 0 Å². The molecule has 2 rings (SSSR count). The monoisotopic (exact) mass is 291 g/mol. The lowest BCUT2D eigenvalue weighted by Gasteiger charge is -2.18. The van der Waals surface area contributed by atoms with Crippen molar-refractivity contribution < 1.29 is 23.9 Å². The number of alkyl halides is 1. The van der Waals surface area contributed by atoms with Crippen LogP contribution in [0.15, 0.2) is 12.1 Å². The topological polar surface area (TPSA) is 74.7 Å². The molecule has 1 aromatic rings. The highest BCUT2D eigenvalue weighted by molar-refractivity contribution is 6.57. The van der Waals surface area contributed by atoms with Crippen molar-refractivity contribution in [1.29, 1.82) is 0 Å². The van der Waals surface area contributed by atoms with Gasteiger partial charge < -0.3 is 5.11 Å². The highest BCUT2D eigenvalue weighted by Gasteiger charge is 2.45. The molecule has 0 aromatic heterocycles. The van der Waals surface area contributed by atoms with Crippen LogP contribution < -0.4 is 4.90 Å². The van der Waals surface area contributed by atoms with Crippen LogP contribution in [0.25, 0.3) is 0 Å². The number of fused-ring (bicyclic) bond motifs is 1. The first kappa shape index (κ1) is 12.8. The first-order valence-electron chi connectivity index (χ1n) is 4.59. The third-order valence-corrected chi connectivity index (χ3v) is 3.01. The van der Waals surface area contributed by atoms with E-state index in [0.29, 0.717) is 0 Å². The maximum absolute atomic E-state index is 13.5. The predicted molar refractivity (Wildman–Crippen MR) is 60.8 cm³/mol. The largest absolute Gasteiger partial charge is 0.478 e. The number of nitrogens with zero attached hydrogens (tertiary/aromatic N) is 1. The minimum atomic E-state index is -2.70. The van der Waals surface area contributed by atoms with Gasteiger partial charge in [0.2, 0.25) is 0 Å². The second-order valence-corrected chi connectivity index (χ2v) is 4.25. The number of benzene rings is 1. The molecule has 8 heteroatoms. The van der Waals surface area contributed by atoms with Crippen molar-refractivity contribution in [3.05, 3.63) is 27.7 Å². The highest BCUT2D eigenvalue weighted by Crippen LogP contribution is 2.41. The zero-order valence-electron chi connectivity index (χ0n) is 8.49. The van der Waals surface area contributed by atoms with Crippen LogP contribution in [0.4, 0.5) is 10.1 Å². The SMILES string of the molecule is O=C1C(=O)N(C(F)C(=O)O)c2c(Cl)ccc(Cl)c21. The van der Waals surface area contributed by atoms with Gasteiger partial charge in [-0.05, 0) is 12.1 Å². The molecular weight excluding hydrogens is 288 g/mol. The Hall–Kier alpha value is -1.66. The molecule has 0 spiro atoms. The predicted octanol–water partition coefficient (Wildman–Crippen LogP) is 1.90. The van der Waals surface area contributed by atoms with Gasteiger partial charge >= 0.3 is 11.9 Å². The molecule has 1 amide bonds. The summed E-state index contributed by atoms with van der Waals surface area (Å²) in [6.07, 6.45) is -2.70. The molecular formula is C10H4Cl2FNO4. The molecule has 1 aliphatic rings. The fourth-order valence-electron chi connectivity index (χ4n) is 1.64. The number of amides is 1. The Kier molecular flexibility index (Phi) is 3.00. The van der Waals surface area contributed by atoms with E-state index < -0.39 is 24.0 Å². The van der Waals surface area contributed by atoms with E-state index in [1.54, 1.807) is 0 Å². The summed E-state index contributed by atoms with van der Waals surface area (Å²) in [5.74, 6) is -4.30. The van der Waals surface area contributed by atoms with E-state index in [1.165, 1.54) is 12.1 Å². The average molecular weight is 292 g/mol. The smallest absolute Gasteiger partial charge is 0.360 e. The van der Waals surface area contributed by atoms with Crippen LogP contribution >= 0.6 is 23.2 Å². The van der Waals surface area contributed by atoms with Crippen LogP contribution in [0.3, 0.4) is 0 Å². The second kappa shape index (κ2) is 4.22. The summed E-state index contributed by atoms with van der Waals surface area (Å²) in [5.41, 5.74) is -0.591. The number of halogens is 3. The number of ketones is 1. The van der Waals surface area contributed by atoms with Crippen LogP contribution in [0.2, 0.25) is 10.0 Å². The van der Waals surface area contributed by atoms with Crippen LogP contribution in [-0.2, 0) is 9.59 Å². The molecule has 94 valence electrons. The molecule has 0 aliphatic carbocycles. The van der Waals surface area contributed by atoms with E-state index in [1.807, 2.05) is 0 Å². The molecule has 1 unspecified atom stereocenters. The van der Waals surface area contributed by atoms with E-state index in [4.69, 9.17) is 28.3 Å². The number of Topliss-reactive ketones (excluding diaryl/α,β-unsaturated/α-hetero) is 1. The Morgan fingerprint density at radius 1 is 1.28 bits per heavy atom. The Morgan fingerprint density at radius 3 is 2.39 bits per heavy atom. The maximum Gasteiger partial charge on any atom is 0.360 e. The molecule has 0 fully saturated rings. The number of carboxylic acid groups (broad SMARTS) is 1. The number of carbonyl (C=O) groups excluding carboxylic acids is 2. The molecule has 1 heterocycles. The number of hydrogen-bond acceptors (Lipinski definition) is 3. The Bertz CT molecular complexity index is 589. The van der Waals surface area contributed by atoms with E-state index >= 15 is 0 Å². The van der Waals surface area contributed by atoms with E-state index in [9.17, 15) is 18.8 Å².